The highest BCUT2D eigenvalue weighted by molar-refractivity contribution is 5.19. The fourth-order valence-corrected chi connectivity index (χ4v) is 1.11. The molecule has 1 aromatic carbocycles. The summed E-state index contributed by atoms with van der Waals surface area (Å²) in [6.07, 6.45) is 2.64. The summed E-state index contributed by atoms with van der Waals surface area (Å²) in [5.41, 5.74) is 6.89. The lowest BCUT2D eigenvalue weighted by molar-refractivity contribution is 0.583. The topological polar surface area (TPSA) is 26.0 Å². The third kappa shape index (κ3) is 2.51. The Bertz CT molecular complexity index is 249. The molecule has 12 heavy (non-hydrogen) atoms. The maximum Gasteiger partial charge on any atom is 0.0348 e. The zero-order valence-electron chi connectivity index (χ0n) is 7.46. The van der Waals surface area contributed by atoms with Crippen molar-refractivity contribution in [1.82, 2.24) is 0 Å². The largest absolute Gasteiger partial charge is 0.322 e. The quantitative estimate of drug-likeness (QED) is 0.675. The van der Waals surface area contributed by atoms with Gasteiger partial charge in [0.1, 0.15) is 0 Å². The minimum atomic E-state index is -0.290. The molecule has 0 saturated heterocycles. The molecular weight excluding hydrogens is 146 g/mol. The Morgan fingerprint density at radius 1 is 1.42 bits per heavy atom. The first-order chi connectivity index (χ1) is 5.64. The zero-order valence-corrected chi connectivity index (χ0v) is 7.46. The average molecular weight is 161 g/mol. The van der Waals surface area contributed by atoms with Gasteiger partial charge in [-0.25, -0.2) is 0 Å². The van der Waals surface area contributed by atoms with E-state index in [9.17, 15) is 0 Å². The van der Waals surface area contributed by atoms with E-state index in [2.05, 4.69) is 18.7 Å². The summed E-state index contributed by atoms with van der Waals surface area (Å²) in [7, 11) is 0. The Hall–Kier alpha value is -1.08. The number of hydrogen-bond acceptors (Lipinski definition) is 1. The van der Waals surface area contributed by atoms with Gasteiger partial charge in [0.25, 0.3) is 0 Å². The van der Waals surface area contributed by atoms with Crippen LogP contribution in [0, 0.1) is 0 Å². The number of hydrogen-bond donors (Lipinski definition) is 1. The summed E-state index contributed by atoms with van der Waals surface area (Å²) in [6, 6.07) is 10.2. The van der Waals surface area contributed by atoms with Gasteiger partial charge in [0.15, 0.2) is 0 Å². The van der Waals surface area contributed by atoms with Crippen LogP contribution in [0.4, 0.5) is 0 Å². The molecule has 0 amide bonds. The number of benzene rings is 1. The molecule has 0 aliphatic heterocycles. The molecular formula is C11H15N. The highest BCUT2D eigenvalue weighted by atomic mass is 14.7. The fraction of sp³-hybridized carbons (Fsp3) is 0.273. The average Bonchev–Trinajstić information content (AvgIpc) is 2.06. The van der Waals surface area contributed by atoms with Crippen LogP contribution in [0.3, 0.4) is 0 Å². The van der Waals surface area contributed by atoms with Crippen LogP contribution in [-0.4, -0.2) is 5.54 Å². The van der Waals surface area contributed by atoms with E-state index in [1.54, 1.807) is 6.08 Å². The molecule has 0 radical (unpaired) electrons. The van der Waals surface area contributed by atoms with Crippen LogP contribution in [0.2, 0.25) is 0 Å². The highest BCUT2D eigenvalue weighted by Gasteiger charge is 2.13. The van der Waals surface area contributed by atoms with E-state index in [4.69, 9.17) is 5.73 Å². The van der Waals surface area contributed by atoms with E-state index in [1.807, 2.05) is 25.1 Å². The lowest BCUT2D eigenvalue weighted by atomic mass is 9.94. The summed E-state index contributed by atoms with van der Waals surface area (Å²) in [6.45, 7) is 5.68. The molecule has 0 saturated carbocycles. The van der Waals surface area contributed by atoms with Crippen LogP contribution in [0.5, 0.6) is 0 Å². The van der Waals surface area contributed by atoms with Gasteiger partial charge >= 0.3 is 0 Å². The zero-order chi connectivity index (χ0) is 9.03. The second-order valence-corrected chi connectivity index (χ2v) is 3.37. The molecule has 0 heterocycles. The maximum absolute atomic E-state index is 5.93. The summed E-state index contributed by atoms with van der Waals surface area (Å²) in [4.78, 5) is 0. The molecule has 1 aromatic rings. The van der Waals surface area contributed by atoms with Gasteiger partial charge in [-0.1, -0.05) is 36.4 Å². The Morgan fingerprint density at radius 2 is 2.00 bits per heavy atom. The summed E-state index contributed by atoms with van der Waals surface area (Å²) in [5.74, 6) is 0. The molecule has 1 atom stereocenters. The van der Waals surface area contributed by atoms with Crippen molar-refractivity contribution in [2.75, 3.05) is 0 Å². The first-order valence-electron chi connectivity index (χ1n) is 4.10. The first kappa shape index (κ1) is 9.01. The van der Waals surface area contributed by atoms with Crippen LogP contribution in [-0.2, 0) is 6.42 Å². The Balaban J connectivity index is 2.70. The van der Waals surface area contributed by atoms with Crippen LogP contribution >= 0.6 is 0 Å². The Labute approximate surface area is 73.9 Å². The van der Waals surface area contributed by atoms with Gasteiger partial charge in [0.2, 0.25) is 0 Å². The molecule has 0 aliphatic carbocycles. The minimum Gasteiger partial charge on any atom is -0.322 e. The van der Waals surface area contributed by atoms with Gasteiger partial charge in [0, 0.05) is 5.54 Å². The predicted molar refractivity (Wildman–Crippen MR) is 52.9 cm³/mol. The predicted octanol–water partition coefficient (Wildman–Crippen LogP) is 2.13. The monoisotopic (exact) mass is 161 g/mol. The molecule has 2 N–H and O–H groups in total. The third-order valence-electron chi connectivity index (χ3n) is 1.89. The molecule has 0 spiro atoms. The SMILES string of the molecule is C=CC(C)(N)Cc1ccccc1. The summed E-state index contributed by atoms with van der Waals surface area (Å²) in [5, 5.41) is 0. The Kier molecular flexibility index (Phi) is 2.66. The molecule has 1 heteroatoms. The normalized spacial score (nSPS) is 15.2. The van der Waals surface area contributed by atoms with Gasteiger partial charge in [-0.2, -0.15) is 0 Å². The van der Waals surface area contributed by atoms with Crippen molar-refractivity contribution in [1.29, 1.82) is 0 Å². The standard InChI is InChI=1S/C11H15N/c1-3-11(2,12)9-10-7-5-4-6-8-10/h3-8H,1,9,12H2,2H3. The maximum atomic E-state index is 5.93. The van der Waals surface area contributed by atoms with E-state index < -0.39 is 0 Å². The van der Waals surface area contributed by atoms with Gasteiger partial charge < -0.3 is 5.73 Å². The van der Waals surface area contributed by atoms with Crippen molar-refractivity contribution in [2.45, 2.75) is 18.9 Å². The molecule has 1 nitrogen and oxygen atoms in total. The molecule has 0 fully saturated rings. The lowest BCUT2D eigenvalue weighted by Crippen LogP contribution is -2.35. The fourth-order valence-electron chi connectivity index (χ4n) is 1.11. The van der Waals surface area contributed by atoms with E-state index in [0.29, 0.717) is 0 Å². The van der Waals surface area contributed by atoms with Crippen LogP contribution in [0.15, 0.2) is 43.0 Å². The molecule has 64 valence electrons. The molecule has 0 aliphatic rings. The Morgan fingerprint density at radius 3 is 2.50 bits per heavy atom. The van der Waals surface area contributed by atoms with E-state index in [-0.39, 0.29) is 5.54 Å². The number of nitrogens with two attached hydrogens (primary N) is 1. The van der Waals surface area contributed by atoms with Gasteiger partial charge in [-0.15, -0.1) is 6.58 Å². The van der Waals surface area contributed by atoms with Crippen molar-refractivity contribution in [3.05, 3.63) is 48.6 Å². The van der Waals surface area contributed by atoms with Crippen molar-refractivity contribution in [3.8, 4) is 0 Å². The minimum absolute atomic E-state index is 0.290. The summed E-state index contributed by atoms with van der Waals surface area (Å²) < 4.78 is 0. The van der Waals surface area contributed by atoms with Gasteiger partial charge in [-0.05, 0) is 18.9 Å². The first-order valence-corrected chi connectivity index (χ1v) is 4.10. The van der Waals surface area contributed by atoms with Crippen LogP contribution in [0.1, 0.15) is 12.5 Å². The van der Waals surface area contributed by atoms with Gasteiger partial charge in [0.05, 0.1) is 0 Å². The van der Waals surface area contributed by atoms with E-state index in [0.717, 1.165) is 6.42 Å². The second kappa shape index (κ2) is 3.55. The van der Waals surface area contributed by atoms with Crippen LogP contribution < -0.4 is 5.73 Å². The molecule has 0 bridgehead atoms. The van der Waals surface area contributed by atoms with Crippen molar-refractivity contribution >= 4 is 0 Å². The lowest BCUT2D eigenvalue weighted by Gasteiger charge is -2.19. The highest BCUT2D eigenvalue weighted by Crippen LogP contribution is 2.10. The molecule has 1 unspecified atom stereocenters. The number of rotatable bonds is 3. The molecule has 0 aromatic heterocycles. The van der Waals surface area contributed by atoms with E-state index in [1.165, 1.54) is 5.56 Å². The van der Waals surface area contributed by atoms with Crippen molar-refractivity contribution in [2.24, 2.45) is 5.73 Å². The van der Waals surface area contributed by atoms with Crippen molar-refractivity contribution in [3.63, 3.8) is 0 Å². The third-order valence-corrected chi connectivity index (χ3v) is 1.89. The molecule has 1 rings (SSSR count). The van der Waals surface area contributed by atoms with Crippen molar-refractivity contribution < 1.29 is 0 Å². The smallest absolute Gasteiger partial charge is 0.0348 e. The van der Waals surface area contributed by atoms with E-state index >= 15 is 0 Å². The second-order valence-electron chi connectivity index (χ2n) is 3.37. The summed E-state index contributed by atoms with van der Waals surface area (Å²) >= 11 is 0. The van der Waals surface area contributed by atoms with Gasteiger partial charge in [-0.3, -0.25) is 0 Å². The van der Waals surface area contributed by atoms with Crippen LogP contribution in [0.25, 0.3) is 0 Å².